The zero-order valence-corrected chi connectivity index (χ0v) is 17.5. The van der Waals surface area contributed by atoms with Crippen LogP contribution in [-0.2, 0) is 16.2 Å². The van der Waals surface area contributed by atoms with Crippen molar-refractivity contribution in [2.45, 2.75) is 13.7 Å². The summed E-state index contributed by atoms with van der Waals surface area (Å²) in [5.41, 5.74) is 2.96. The van der Waals surface area contributed by atoms with Gasteiger partial charge in [-0.2, -0.15) is 0 Å². The zero-order valence-electron chi connectivity index (χ0n) is 16.7. The van der Waals surface area contributed by atoms with Crippen LogP contribution in [0, 0.1) is 6.92 Å². The van der Waals surface area contributed by atoms with Crippen LogP contribution >= 0.6 is 11.3 Å². The van der Waals surface area contributed by atoms with Crippen LogP contribution in [-0.4, -0.2) is 53.9 Å². The van der Waals surface area contributed by atoms with Gasteiger partial charge in [0.05, 0.1) is 23.6 Å². The molecule has 4 heterocycles. The molecule has 1 aliphatic heterocycles. The van der Waals surface area contributed by atoms with E-state index in [2.05, 4.69) is 15.2 Å². The third-order valence-corrected chi connectivity index (χ3v) is 5.97. The molecule has 30 heavy (non-hydrogen) atoms. The number of anilines is 2. The van der Waals surface area contributed by atoms with Gasteiger partial charge in [-0.15, -0.1) is 11.3 Å². The van der Waals surface area contributed by atoms with Crippen molar-refractivity contribution in [3.8, 4) is 0 Å². The van der Waals surface area contributed by atoms with Crippen molar-refractivity contribution in [3.05, 3.63) is 35.0 Å². The highest BCUT2D eigenvalue weighted by molar-refractivity contribution is 7.20. The van der Waals surface area contributed by atoms with Gasteiger partial charge in [0.2, 0.25) is 5.95 Å². The van der Waals surface area contributed by atoms with E-state index in [-0.39, 0.29) is 5.91 Å². The fourth-order valence-electron chi connectivity index (χ4n) is 3.59. The van der Waals surface area contributed by atoms with E-state index in [0.29, 0.717) is 47.5 Å². The molecule has 1 aliphatic rings. The number of oxazole rings is 1. The molecule has 0 spiro atoms. The lowest BCUT2D eigenvalue weighted by atomic mass is 10.3. The topological polar surface area (TPSA) is 94.6 Å². The molecule has 156 valence electrons. The Balaban J connectivity index is 1.42. The highest BCUT2D eigenvalue weighted by Gasteiger charge is 2.22. The second-order valence-electron chi connectivity index (χ2n) is 7.03. The number of carbonyl (C=O) groups excluding carboxylic acids is 1. The van der Waals surface area contributed by atoms with Crippen LogP contribution in [0.5, 0.6) is 0 Å². The number of hydrogen-bond acceptors (Lipinski definition) is 8. The lowest BCUT2D eigenvalue weighted by Crippen LogP contribution is -2.38. The summed E-state index contributed by atoms with van der Waals surface area (Å²) in [7, 11) is 1.65. The fraction of sp³-hybridized carbons (Fsp3) is 0.350. The maximum absolute atomic E-state index is 12.8. The summed E-state index contributed by atoms with van der Waals surface area (Å²) in [5, 5.41) is 2.93. The highest BCUT2D eigenvalue weighted by Crippen LogP contribution is 2.31. The van der Waals surface area contributed by atoms with Gasteiger partial charge in [0.15, 0.2) is 11.5 Å². The van der Waals surface area contributed by atoms with Gasteiger partial charge in [-0.05, 0) is 24.3 Å². The summed E-state index contributed by atoms with van der Waals surface area (Å²) in [6.07, 6.45) is 0. The van der Waals surface area contributed by atoms with Crippen molar-refractivity contribution < 1.29 is 18.7 Å². The number of ether oxygens (including phenoxy) is 2. The number of benzene rings is 1. The molecule has 3 aromatic heterocycles. The number of thiophene rings is 1. The molecule has 1 aromatic carbocycles. The molecule has 1 saturated heterocycles. The first-order chi connectivity index (χ1) is 14.6. The molecule has 0 atom stereocenters. The first-order valence-electron chi connectivity index (χ1n) is 9.62. The van der Waals surface area contributed by atoms with Crippen LogP contribution in [0.2, 0.25) is 0 Å². The Bertz CT molecular complexity index is 1220. The van der Waals surface area contributed by atoms with Gasteiger partial charge in [-0.3, -0.25) is 9.36 Å². The highest BCUT2D eigenvalue weighted by atomic mass is 32.1. The van der Waals surface area contributed by atoms with Crippen molar-refractivity contribution in [2.75, 3.05) is 43.6 Å². The number of aryl methyl sites for hydroxylation is 1. The first-order valence-corrected chi connectivity index (χ1v) is 10.4. The van der Waals surface area contributed by atoms with Gasteiger partial charge in [-0.1, -0.05) is 0 Å². The van der Waals surface area contributed by atoms with Crippen LogP contribution in [0.1, 0.15) is 15.6 Å². The molecule has 1 fully saturated rings. The molecule has 0 radical (unpaired) electrons. The lowest BCUT2D eigenvalue weighted by Gasteiger charge is -2.28. The number of amides is 1. The summed E-state index contributed by atoms with van der Waals surface area (Å²) < 4.78 is 18.3. The molecule has 10 heteroatoms. The molecule has 5 rings (SSSR count). The Morgan fingerprint density at radius 3 is 2.90 bits per heavy atom. The van der Waals surface area contributed by atoms with E-state index in [0.717, 1.165) is 29.4 Å². The molecule has 0 aliphatic carbocycles. The minimum Gasteiger partial charge on any atom is -0.441 e. The second kappa shape index (κ2) is 7.71. The molecule has 0 bridgehead atoms. The van der Waals surface area contributed by atoms with Gasteiger partial charge in [0, 0.05) is 32.8 Å². The molecular formula is C20H21N5O4S. The number of morpholine rings is 1. The van der Waals surface area contributed by atoms with Crippen LogP contribution in [0.3, 0.4) is 0 Å². The molecule has 1 amide bonds. The van der Waals surface area contributed by atoms with Crippen molar-refractivity contribution in [1.29, 1.82) is 0 Å². The third-order valence-electron chi connectivity index (χ3n) is 4.96. The van der Waals surface area contributed by atoms with E-state index in [4.69, 9.17) is 18.9 Å². The Kier molecular flexibility index (Phi) is 4.89. The van der Waals surface area contributed by atoms with Gasteiger partial charge in [-0.25, -0.2) is 9.97 Å². The Labute approximate surface area is 176 Å². The monoisotopic (exact) mass is 427 g/mol. The number of imidazole rings is 1. The molecule has 4 aromatic rings. The van der Waals surface area contributed by atoms with Crippen LogP contribution in [0.4, 0.5) is 11.6 Å². The summed E-state index contributed by atoms with van der Waals surface area (Å²) in [5.74, 6) is 1.25. The molecule has 0 unspecified atom stereocenters. The Hall–Kier alpha value is -2.95. The van der Waals surface area contributed by atoms with E-state index in [1.165, 1.54) is 11.3 Å². The molecule has 1 N–H and O–H groups in total. The van der Waals surface area contributed by atoms with E-state index < -0.39 is 0 Å². The standard InChI is InChI=1S/C20H21N5O4S/c1-12-21-14-9-13(3-4-16(14)29-12)22-18(26)17-10-15-19(30-17)23-20(25(15)11-27-2)24-5-7-28-8-6-24/h3-4,9-10H,5-8,11H2,1-2H3,(H,22,26). The zero-order chi connectivity index (χ0) is 20.7. The number of aromatic nitrogens is 3. The summed E-state index contributed by atoms with van der Waals surface area (Å²) in [6.45, 7) is 5.08. The van der Waals surface area contributed by atoms with Crippen molar-refractivity contribution in [2.24, 2.45) is 0 Å². The maximum atomic E-state index is 12.8. The van der Waals surface area contributed by atoms with E-state index in [1.54, 1.807) is 32.2 Å². The summed E-state index contributed by atoms with van der Waals surface area (Å²) in [4.78, 5) is 25.5. The third kappa shape index (κ3) is 3.42. The van der Waals surface area contributed by atoms with Gasteiger partial charge in [0.25, 0.3) is 5.91 Å². The molecular weight excluding hydrogens is 406 g/mol. The second-order valence-corrected chi connectivity index (χ2v) is 8.06. The minimum atomic E-state index is -0.186. The number of carbonyl (C=O) groups is 1. The van der Waals surface area contributed by atoms with Gasteiger partial charge < -0.3 is 24.1 Å². The average Bonchev–Trinajstić information content (AvgIpc) is 3.41. The lowest BCUT2D eigenvalue weighted by molar-refractivity contribution is 0.103. The average molecular weight is 427 g/mol. The van der Waals surface area contributed by atoms with Crippen molar-refractivity contribution in [3.63, 3.8) is 0 Å². The predicted octanol–water partition coefficient (Wildman–Crippen LogP) is 3.24. The van der Waals surface area contributed by atoms with Gasteiger partial charge >= 0.3 is 0 Å². The van der Waals surface area contributed by atoms with Crippen LogP contribution in [0.25, 0.3) is 21.4 Å². The molecule has 0 saturated carbocycles. The number of methoxy groups -OCH3 is 1. The summed E-state index contributed by atoms with van der Waals surface area (Å²) >= 11 is 1.37. The largest absolute Gasteiger partial charge is 0.441 e. The number of fused-ring (bicyclic) bond motifs is 2. The number of nitrogens with one attached hydrogen (secondary N) is 1. The van der Waals surface area contributed by atoms with Gasteiger partial charge in [0.1, 0.15) is 17.1 Å². The predicted molar refractivity (Wildman–Crippen MR) is 114 cm³/mol. The maximum Gasteiger partial charge on any atom is 0.265 e. The smallest absolute Gasteiger partial charge is 0.265 e. The summed E-state index contributed by atoms with van der Waals surface area (Å²) in [6, 6.07) is 7.28. The van der Waals surface area contributed by atoms with Crippen LogP contribution in [0.15, 0.2) is 28.7 Å². The van der Waals surface area contributed by atoms with Crippen molar-refractivity contribution >= 4 is 50.3 Å². The van der Waals surface area contributed by atoms with E-state index in [1.807, 2.05) is 10.6 Å². The minimum absolute atomic E-state index is 0.186. The first kappa shape index (κ1) is 19.0. The SMILES string of the molecule is COCn1c(N2CCOCC2)nc2sc(C(=O)Nc3ccc4oc(C)nc4c3)cc21. The fourth-order valence-corrected chi connectivity index (χ4v) is 4.51. The normalized spacial score (nSPS) is 14.7. The van der Waals surface area contributed by atoms with E-state index in [9.17, 15) is 4.79 Å². The van der Waals surface area contributed by atoms with Crippen LogP contribution < -0.4 is 10.2 Å². The number of nitrogens with zero attached hydrogens (tertiary/aromatic N) is 4. The van der Waals surface area contributed by atoms with E-state index >= 15 is 0 Å². The number of rotatable bonds is 5. The Morgan fingerprint density at radius 1 is 1.27 bits per heavy atom. The van der Waals surface area contributed by atoms with Crippen molar-refractivity contribution in [1.82, 2.24) is 14.5 Å². The quantitative estimate of drug-likeness (QED) is 0.522. The molecule has 9 nitrogen and oxygen atoms in total. The number of hydrogen-bond donors (Lipinski definition) is 1. The Morgan fingerprint density at radius 2 is 2.10 bits per heavy atom.